The number of fused-ring (bicyclic) bond motifs is 1. The van der Waals surface area contributed by atoms with Crippen molar-refractivity contribution in [2.24, 2.45) is 0 Å². The molecule has 0 bridgehead atoms. The van der Waals surface area contributed by atoms with Gasteiger partial charge in [-0.2, -0.15) is 0 Å². The largest absolute Gasteiger partial charge is 0.481 e. The lowest BCUT2D eigenvalue weighted by molar-refractivity contribution is -0.135. The topological polar surface area (TPSA) is 37.3 Å². The zero-order valence-corrected chi connectivity index (χ0v) is 14.8. The molecule has 0 aromatic heterocycles. The molecule has 0 spiro atoms. The van der Waals surface area contributed by atoms with Crippen molar-refractivity contribution >= 4 is 23.2 Å². The Morgan fingerprint density at radius 1 is 0.893 bits per heavy atom. The summed E-state index contributed by atoms with van der Waals surface area (Å²) in [5.41, 5.74) is 4.53. The Kier molecular flexibility index (Phi) is 4.62. The quantitative estimate of drug-likeness (QED) is 0.604. The van der Waals surface area contributed by atoms with Gasteiger partial charge >= 0.3 is 5.97 Å². The van der Waals surface area contributed by atoms with Gasteiger partial charge in [0, 0.05) is 5.56 Å². The smallest absolute Gasteiger partial charge is 0.307 e. The minimum Gasteiger partial charge on any atom is -0.481 e. The van der Waals surface area contributed by atoms with E-state index in [2.05, 4.69) is 0 Å². The maximum absolute atomic E-state index is 14.6. The molecule has 0 amide bonds. The number of hydrogen-bond acceptors (Lipinski definition) is 1. The molecule has 3 aromatic carbocycles. The van der Waals surface area contributed by atoms with Gasteiger partial charge in [0.05, 0.1) is 6.42 Å². The van der Waals surface area contributed by atoms with Gasteiger partial charge in [0.15, 0.2) is 0 Å². The third kappa shape index (κ3) is 3.49. The molecular formula is C24H16F2O2. The van der Waals surface area contributed by atoms with Gasteiger partial charge in [-0.3, -0.25) is 4.79 Å². The van der Waals surface area contributed by atoms with Crippen LogP contribution in [-0.4, -0.2) is 11.1 Å². The molecule has 0 atom stereocenters. The van der Waals surface area contributed by atoms with Crippen molar-refractivity contribution in [2.75, 3.05) is 0 Å². The summed E-state index contributed by atoms with van der Waals surface area (Å²) in [5, 5.41) is 9.12. The third-order valence-electron chi connectivity index (χ3n) is 4.71. The summed E-state index contributed by atoms with van der Waals surface area (Å²) in [6.07, 6.45) is 3.31. The second-order valence-corrected chi connectivity index (χ2v) is 6.63. The van der Waals surface area contributed by atoms with Crippen LogP contribution in [0.5, 0.6) is 0 Å². The summed E-state index contributed by atoms with van der Waals surface area (Å²) >= 11 is 0. The first-order valence-corrected chi connectivity index (χ1v) is 8.80. The van der Waals surface area contributed by atoms with E-state index in [1.54, 1.807) is 24.3 Å². The highest BCUT2D eigenvalue weighted by atomic mass is 19.1. The summed E-state index contributed by atoms with van der Waals surface area (Å²) in [5.74, 6) is -1.75. The van der Waals surface area contributed by atoms with Crippen LogP contribution in [0.1, 0.15) is 23.1 Å². The number of carbonyl (C=O) groups is 1. The molecule has 1 aliphatic rings. The summed E-state index contributed by atoms with van der Waals surface area (Å²) in [4.78, 5) is 11.1. The number of rotatable bonds is 4. The first-order valence-electron chi connectivity index (χ1n) is 8.80. The molecule has 3 aromatic rings. The Labute approximate surface area is 161 Å². The Morgan fingerprint density at radius 3 is 2.36 bits per heavy atom. The van der Waals surface area contributed by atoms with Crippen LogP contribution in [-0.2, 0) is 4.79 Å². The highest BCUT2D eigenvalue weighted by Gasteiger charge is 2.21. The Balaban J connectivity index is 1.74. The molecule has 28 heavy (non-hydrogen) atoms. The van der Waals surface area contributed by atoms with Crippen LogP contribution in [0.2, 0.25) is 0 Å². The van der Waals surface area contributed by atoms with Crippen LogP contribution >= 0.6 is 0 Å². The van der Waals surface area contributed by atoms with Crippen LogP contribution < -0.4 is 0 Å². The second-order valence-electron chi connectivity index (χ2n) is 6.63. The Hall–Kier alpha value is -3.53. The van der Waals surface area contributed by atoms with Crippen LogP contribution in [0.4, 0.5) is 8.78 Å². The molecule has 4 rings (SSSR count). The van der Waals surface area contributed by atoms with Crippen LogP contribution in [0.3, 0.4) is 0 Å². The minimum atomic E-state index is -0.985. The van der Waals surface area contributed by atoms with Gasteiger partial charge in [-0.05, 0) is 63.8 Å². The van der Waals surface area contributed by atoms with Gasteiger partial charge in [0.1, 0.15) is 11.6 Å². The maximum Gasteiger partial charge on any atom is 0.307 e. The Morgan fingerprint density at radius 2 is 1.64 bits per heavy atom. The predicted molar refractivity (Wildman–Crippen MR) is 106 cm³/mol. The van der Waals surface area contributed by atoms with E-state index in [0.29, 0.717) is 22.3 Å². The fraction of sp³-hybridized carbons (Fsp3) is 0.0417. The van der Waals surface area contributed by atoms with Crippen molar-refractivity contribution in [3.63, 3.8) is 0 Å². The zero-order chi connectivity index (χ0) is 19.7. The van der Waals surface area contributed by atoms with E-state index >= 15 is 0 Å². The molecule has 0 heterocycles. The molecule has 0 fully saturated rings. The van der Waals surface area contributed by atoms with E-state index in [0.717, 1.165) is 16.7 Å². The highest BCUT2D eigenvalue weighted by molar-refractivity contribution is 6.04. The van der Waals surface area contributed by atoms with E-state index < -0.39 is 11.8 Å². The molecule has 0 unspecified atom stereocenters. The third-order valence-corrected chi connectivity index (χ3v) is 4.71. The molecule has 1 N–H and O–H groups in total. The normalized spacial score (nSPS) is 14.1. The molecule has 1 aliphatic carbocycles. The Bertz CT molecular complexity index is 1130. The zero-order valence-electron chi connectivity index (χ0n) is 14.8. The molecule has 2 nitrogen and oxygen atoms in total. The fourth-order valence-electron chi connectivity index (χ4n) is 3.46. The van der Waals surface area contributed by atoms with Crippen LogP contribution in [0, 0.1) is 11.6 Å². The van der Waals surface area contributed by atoms with Gasteiger partial charge in [-0.25, -0.2) is 8.78 Å². The number of aliphatic carboxylic acids is 1. The first kappa shape index (κ1) is 17.9. The van der Waals surface area contributed by atoms with Gasteiger partial charge in [-0.1, -0.05) is 48.5 Å². The number of carboxylic acids is 1. The lowest BCUT2D eigenvalue weighted by atomic mass is 9.99. The van der Waals surface area contributed by atoms with Crippen LogP contribution in [0.15, 0.2) is 72.8 Å². The molecule has 138 valence electrons. The lowest BCUT2D eigenvalue weighted by Gasteiger charge is -2.06. The van der Waals surface area contributed by atoms with Crippen molar-refractivity contribution in [3.05, 3.63) is 101 Å². The molecule has 0 radical (unpaired) electrons. The average Bonchev–Trinajstić information content (AvgIpc) is 2.98. The molecule has 0 saturated heterocycles. The lowest BCUT2D eigenvalue weighted by Crippen LogP contribution is -1.96. The van der Waals surface area contributed by atoms with Crippen molar-refractivity contribution < 1.29 is 18.7 Å². The first-order chi connectivity index (χ1) is 13.5. The fourth-order valence-corrected chi connectivity index (χ4v) is 3.46. The highest BCUT2D eigenvalue weighted by Crippen LogP contribution is 2.38. The van der Waals surface area contributed by atoms with E-state index in [9.17, 15) is 13.6 Å². The number of halogens is 2. The van der Waals surface area contributed by atoms with Gasteiger partial charge in [0.2, 0.25) is 0 Å². The summed E-state index contributed by atoms with van der Waals surface area (Å²) in [7, 11) is 0. The van der Waals surface area contributed by atoms with E-state index in [1.165, 1.54) is 18.2 Å². The molecular weight excluding hydrogens is 358 g/mol. The van der Waals surface area contributed by atoms with Gasteiger partial charge in [-0.15, -0.1) is 0 Å². The summed E-state index contributed by atoms with van der Waals surface area (Å²) in [6, 6.07) is 18.6. The monoisotopic (exact) mass is 374 g/mol. The SMILES string of the molecule is O=C(O)CC1=C/C(=C\c2ccc(-c3ccccc3)c(F)c2)c2ccc(F)cc21. The number of allylic oxidation sites excluding steroid dienone is 2. The van der Waals surface area contributed by atoms with E-state index in [1.807, 2.05) is 36.4 Å². The standard InChI is InChI=1S/C24H16F2O2/c25-19-7-9-20-17(12-18(13-24(27)28)22(20)14-19)10-15-6-8-21(23(26)11-15)16-4-2-1-3-5-16/h1-12,14H,13H2,(H,27,28)/b17-10+. The van der Waals surface area contributed by atoms with Crippen molar-refractivity contribution in [1.82, 2.24) is 0 Å². The average molecular weight is 374 g/mol. The molecule has 0 aliphatic heterocycles. The predicted octanol–water partition coefficient (Wildman–Crippen LogP) is 6.04. The number of benzene rings is 3. The minimum absolute atomic E-state index is 0.199. The number of hydrogen-bond donors (Lipinski definition) is 1. The number of carboxylic acid groups (broad SMARTS) is 1. The van der Waals surface area contributed by atoms with Crippen molar-refractivity contribution in [1.29, 1.82) is 0 Å². The summed E-state index contributed by atoms with van der Waals surface area (Å²) in [6.45, 7) is 0. The van der Waals surface area contributed by atoms with Crippen LogP contribution in [0.25, 0.3) is 28.3 Å². The second kappa shape index (κ2) is 7.24. The van der Waals surface area contributed by atoms with Crippen molar-refractivity contribution in [3.8, 4) is 11.1 Å². The molecule has 4 heteroatoms. The van der Waals surface area contributed by atoms with Gasteiger partial charge < -0.3 is 5.11 Å². The molecule has 0 saturated carbocycles. The van der Waals surface area contributed by atoms with E-state index in [-0.39, 0.29) is 12.2 Å². The van der Waals surface area contributed by atoms with E-state index in [4.69, 9.17) is 5.11 Å². The summed E-state index contributed by atoms with van der Waals surface area (Å²) < 4.78 is 28.3. The van der Waals surface area contributed by atoms with Crippen molar-refractivity contribution in [2.45, 2.75) is 6.42 Å². The van der Waals surface area contributed by atoms with Gasteiger partial charge in [0.25, 0.3) is 0 Å². The maximum atomic E-state index is 14.6.